The fourth-order valence-corrected chi connectivity index (χ4v) is 2.69. The first-order chi connectivity index (χ1) is 15.0. The van der Waals surface area contributed by atoms with E-state index in [9.17, 15) is 13.6 Å². The van der Waals surface area contributed by atoms with Crippen LogP contribution in [0, 0.1) is 11.6 Å². The Bertz CT molecular complexity index is 876. The Hall–Kier alpha value is -3.11. The van der Waals surface area contributed by atoms with E-state index in [1.807, 2.05) is 0 Å². The van der Waals surface area contributed by atoms with Gasteiger partial charge in [-0.25, -0.2) is 13.6 Å². The van der Waals surface area contributed by atoms with Crippen molar-refractivity contribution in [3.8, 4) is 23.0 Å². The lowest BCUT2D eigenvalue weighted by atomic mass is 10.3. The van der Waals surface area contributed by atoms with E-state index in [1.54, 1.807) is 0 Å². The van der Waals surface area contributed by atoms with Crippen LogP contribution in [0.3, 0.4) is 0 Å². The van der Waals surface area contributed by atoms with Crippen LogP contribution < -0.4 is 18.9 Å². The second-order valence-corrected chi connectivity index (χ2v) is 6.39. The predicted molar refractivity (Wildman–Crippen MR) is 103 cm³/mol. The number of aliphatic carboxylic acids is 1. The van der Waals surface area contributed by atoms with Crippen LogP contribution in [0.1, 0.15) is 0 Å². The number of hydrogen-bond acceptors (Lipinski definition) is 7. The summed E-state index contributed by atoms with van der Waals surface area (Å²) in [7, 11) is 0. The van der Waals surface area contributed by atoms with Crippen LogP contribution in [0.15, 0.2) is 36.4 Å². The Kier molecular flexibility index (Phi) is 8.25. The minimum Gasteiger partial charge on any atom is -0.487 e. The van der Waals surface area contributed by atoms with Gasteiger partial charge in [0.05, 0.1) is 13.2 Å². The summed E-state index contributed by atoms with van der Waals surface area (Å²) < 4.78 is 61.2. The number of carbonyl (C=O) groups is 1. The summed E-state index contributed by atoms with van der Waals surface area (Å²) in [6, 6.07) is 8.37. The van der Waals surface area contributed by atoms with Gasteiger partial charge in [-0.15, -0.1) is 0 Å². The first-order valence-corrected chi connectivity index (χ1v) is 9.54. The van der Waals surface area contributed by atoms with Crippen molar-refractivity contribution in [2.24, 2.45) is 0 Å². The lowest BCUT2D eigenvalue weighted by Gasteiger charge is -2.21. The first kappa shape index (κ1) is 22.6. The van der Waals surface area contributed by atoms with Gasteiger partial charge in [-0.05, 0) is 24.3 Å². The van der Waals surface area contributed by atoms with Crippen LogP contribution in [0.5, 0.6) is 23.0 Å². The normalized spacial score (nSPS) is 17.7. The fraction of sp³-hybridized carbons (Fsp3) is 0.381. The van der Waals surface area contributed by atoms with Gasteiger partial charge in [0, 0.05) is 0 Å². The Morgan fingerprint density at radius 3 is 2.13 bits per heavy atom. The molecular formula is C21H22F2O8. The van der Waals surface area contributed by atoms with Gasteiger partial charge in [0.1, 0.15) is 39.1 Å². The average Bonchev–Trinajstić information content (AvgIpc) is 2.74. The summed E-state index contributed by atoms with van der Waals surface area (Å²) in [5.41, 5.74) is 0. The van der Waals surface area contributed by atoms with Crippen molar-refractivity contribution in [2.75, 3.05) is 46.2 Å². The molecular weight excluding hydrogens is 418 g/mol. The van der Waals surface area contributed by atoms with Gasteiger partial charge in [-0.3, -0.25) is 0 Å². The number of carboxylic acid groups (broad SMARTS) is 1. The third kappa shape index (κ3) is 6.69. The van der Waals surface area contributed by atoms with E-state index in [1.165, 1.54) is 36.4 Å². The largest absolute Gasteiger partial charge is 0.487 e. The smallest absolute Gasteiger partial charge is 0.329 e. The molecule has 0 saturated heterocycles. The number of benzene rings is 2. The Balaban J connectivity index is 1.81. The molecule has 31 heavy (non-hydrogen) atoms. The summed E-state index contributed by atoms with van der Waals surface area (Å²) in [6.07, 6.45) is -0.907. The third-order valence-electron chi connectivity index (χ3n) is 4.10. The van der Waals surface area contributed by atoms with Gasteiger partial charge in [-0.1, -0.05) is 12.1 Å². The molecule has 1 aliphatic heterocycles. The molecule has 0 saturated carbocycles. The van der Waals surface area contributed by atoms with Crippen molar-refractivity contribution >= 4 is 5.97 Å². The SMILES string of the molecule is O=C(O)COC1COc2cccc(F)c2OCCOCCOc2cccc(F)c2OC1. The van der Waals surface area contributed by atoms with E-state index in [0.29, 0.717) is 0 Å². The number of para-hydroxylation sites is 2. The molecule has 1 heterocycles. The standard InChI is InChI=1S/C21H22F2O8/c22-15-3-2-6-18-20(15)28-10-8-26-7-9-27-17-5-1-4-16(23)21(17)31-12-14(11-30-18)29-13-19(24)25/h1-6,14H,7-13H2,(H,24,25). The van der Waals surface area contributed by atoms with Crippen molar-refractivity contribution < 1.29 is 47.1 Å². The van der Waals surface area contributed by atoms with E-state index in [4.69, 9.17) is 33.5 Å². The number of halogens is 2. The zero-order valence-electron chi connectivity index (χ0n) is 16.6. The molecule has 8 nitrogen and oxygen atoms in total. The quantitative estimate of drug-likeness (QED) is 0.779. The highest BCUT2D eigenvalue weighted by Gasteiger charge is 2.20. The summed E-state index contributed by atoms with van der Waals surface area (Å²) in [5.74, 6) is -2.47. The second-order valence-electron chi connectivity index (χ2n) is 6.39. The maximum atomic E-state index is 14.3. The zero-order chi connectivity index (χ0) is 22.1. The van der Waals surface area contributed by atoms with E-state index in [0.717, 1.165) is 0 Å². The third-order valence-corrected chi connectivity index (χ3v) is 4.10. The van der Waals surface area contributed by atoms with Gasteiger partial charge in [0.2, 0.25) is 0 Å². The first-order valence-electron chi connectivity index (χ1n) is 9.54. The number of ether oxygens (including phenoxy) is 6. The molecule has 1 aliphatic rings. The van der Waals surface area contributed by atoms with Crippen molar-refractivity contribution in [3.63, 3.8) is 0 Å². The molecule has 168 valence electrons. The maximum absolute atomic E-state index is 14.3. The van der Waals surface area contributed by atoms with Gasteiger partial charge >= 0.3 is 5.97 Å². The monoisotopic (exact) mass is 440 g/mol. The fourth-order valence-electron chi connectivity index (χ4n) is 2.69. The van der Waals surface area contributed by atoms with Gasteiger partial charge in [-0.2, -0.15) is 0 Å². The minimum absolute atomic E-state index is 0.0601. The molecule has 0 radical (unpaired) electrons. The Morgan fingerprint density at radius 1 is 0.871 bits per heavy atom. The summed E-state index contributed by atoms with van der Waals surface area (Å²) in [5, 5.41) is 8.91. The average molecular weight is 440 g/mol. The Morgan fingerprint density at radius 2 is 1.45 bits per heavy atom. The highest BCUT2D eigenvalue weighted by atomic mass is 19.1. The molecule has 2 aromatic carbocycles. The van der Waals surface area contributed by atoms with Crippen LogP contribution >= 0.6 is 0 Å². The van der Waals surface area contributed by atoms with Crippen LogP contribution in [-0.4, -0.2) is 63.4 Å². The molecule has 3 rings (SSSR count). The van der Waals surface area contributed by atoms with E-state index < -0.39 is 30.3 Å². The summed E-state index contributed by atoms with van der Waals surface area (Å²) in [6.45, 7) is -0.543. The molecule has 0 aliphatic carbocycles. The van der Waals surface area contributed by atoms with Gasteiger partial charge in [0.15, 0.2) is 34.6 Å². The number of hydrogen-bond donors (Lipinski definition) is 1. The lowest BCUT2D eigenvalue weighted by Crippen LogP contribution is -2.31. The van der Waals surface area contributed by atoms with Gasteiger partial charge in [0.25, 0.3) is 0 Å². The summed E-state index contributed by atoms with van der Waals surface area (Å²) in [4.78, 5) is 10.9. The topological polar surface area (TPSA) is 92.7 Å². The van der Waals surface area contributed by atoms with Gasteiger partial charge < -0.3 is 33.5 Å². The van der Waals surface area contributed by atoms with E-state index >= 15 is 0 Å². The molecule has 0 aromatic heterocycles. The predicted octanol–water partition coefficient (Wildman–Crippen LogP) is 2.68. The van der Waals surface area contributed by atoms with Crippen LogP contribution in [-0.2, 0) is 14.3 Å². The number of fused-ring (bicyclic) bond motifs is 2. The maximum Gasteiger partial charge on any atom is 0.329 e. The molecule has 1 unspecified atom stereocenters. The van der Waals surface area contributed by atoms with E-state index in [-0.39, 0.29) is 62.6 Å². The van der Waals surface area contributed by atoms with Crippen LogP contribution in [0.4, 0.5) is 8.78 Å². The second kappa shape index (κ2) is 11.3. The lowest BCUT2D eigenvalue weighted by molar-refractivity contribution is -0.145. The minimum atomic E-state index is -1.20. The molecule has 0 amide bonds. The van der Waals surface area contributed by atoms with Crippen LogP contribution in [0.2, 0.25) is 0 Å². The van der Waals surface area contributed by atoms with Crippen molar-refractivity contribution in [3.05, 3.63) is 48.0 Å². The number of rotatable bonds is 3. The molecule has 0 fully saturated rings. The van der Waals surface area contributed by atoms with E-state index in [2.05, 4.69) is 0 Å². The molecule has 1 N–H and O–H groups in total. The van der Waals surface area contributed by atoms with Crippen molar-refractivity contribution in [2.45, 2.75) is 6.10 Å². The number of carboxylic acids is 1. The van der Waals surface area contributed by atoms with Crippen LogP contribution in [0.25, 0.3) is 0 Å². The molecule has 0 spiro atoms. The molecule has 1 atom stereocenters. The van der Waals surface area contributed by atoms with Crippen molar-refractivity contribution in [1.29, 1.82) is 0 Å². The molecule has 10 heteroatoms. The zero-order valence-corrected chi connectivity index (χ0v) is 16.6. The highest BCUT2D eigenvalue weighted by molar-refractivity contribution is 5.68. The highest BCUT2D eigenvalue weighted by Crippen LogP contribution is 2.32. The van der Waals surface area contributed by atoms with Crippen molar-refractivity contribution in [1.82, 2.24) is 0 Å². The summed E-state index contributed by atoms with van der Waals surface area (Å²) >= 11 is 0. The Labute approximate surface area is 177 Å². The molecule has 2 aromatic rings. The molecule has 0 bridgehead atoms.